The highest BCUT2D eigenvalue weighted by Crippen LogP contribution is 2.32. The smallest absolute Gasteiger partial charge is 0.220 e. The lowest BCUT2D eigenvalue weighted by atomic mass is 9.86. The molecule has 0 aromatic rings. The number of rotatable bonds is 6. The van der Waals surface area contributed by atoms with Gasteiger partial charge >= 0.3 is 0 Å². The Kier molecular flexibility index (Phi) is 4.14. The first-order valence-corrected chi connectivity index (χ1v) is 5.98. The van der Waals surface area contributed by atoms with Crippen LogP contribution in [-0.2, 0) is 4.79 Å². The minimum absolute atomic E-state index is 0.104. The minimum Gasteiger partial charge on any atom is -0.352 e. The van der Waals surface area contributed by atoms with E-state index in [0.29, 0.717) is 18.9 Å². The molecule has 0 aromatic carbocycles. The summed E-state index contributed by atoms with van der Waals surface area (Å²) in [6.07, 6.45) is 4.07. The average molecular weight is 212 g/mol. The lowest BCUT2D eigenvalue weighted by Gasteiger charge is -2.24. The van der Waals surface area contributed by atoms with Crippen LogP contribution in [0.4, 0.5) is 0 Å². The summed E-state index contributed by atoms with van der Waals surface area (Å²) in [7, 11) is 0. The van der Waals surface area contributed by atoms with Gasteiger partial charge in [0.05, 0.1) is 0 Å². The standard InChI is InChI=1S/C12H24N2O/c1-4-12(2,3)7-11(15)14-10(8-13)9-5-6-9/h9-10H,4-8,13H2,1-3H3,(H,14,15). The van der Waals surface area contributed by atoms with Crippen molar-refractivity contribution >= 4 is 5.91 Å². The zero-order chi connectivity index (χ0) is 11.5. The van der Waals surface area contributed by atoms with E-state index in [-0.39, 0.29) is 17.4 Å². The Morgan fingerprint density at radius 1 is 1.53 bits per heavy atom. The molecule has 1 amide bonds. The average Bonchev–Trinajstić information content (AvgIpc) is 2.97. The summed E-state index contributed by atoms with van der Waals surface area (Å²) in [5, 5.41) is 3.06. The van der Waals surface area contributed by atoms with Crippen LogP contribution >= 0.6 is 0 Å². The molecule has 0 aliphatic heterocycles. The first kappa shape index (κ1) is 12.5. The molecule has 3 nitrogen and oxygen atoms in total. The Bertz CT molecular complexity index is 222. The van der Waals surface area contributed by atoms with E-state index in [1.807, 2.05) is 0 Å². The molecule has 1 aliphatic rings. The third-order valence-electron chi connectivity index (χ3n) is 3.39. The van der Waals surface area contributed by atoms with Crippen molar-refractivity contribution in [2.45, 2.75) is 52.5 Å². The van der Waals surface area contributed by atoms with Crippen molar-refractivity contribution in [2.24, 2.45) is 17.1 Å². The number of hydrogen-bond donors (Lipinski definition) is 2. The second-order valence-corrected chi connectivity index (χ2v) is 5.44. The molecule has 3 N–H and O–H groups in total. The van der Waals surface area contributed by atoms with Gasteiger partial charge in [0.1, 0.15) is 0 Å². The molecular weight excluding hydrogens is 188 g/mol. The van der Waals surface area contributed by atoms with Crippen LogP contribution in [0.3, 0.4) is 0 Å². The van der Waals surface area contributed by atoms with Gasteiger partial charge in [-0.05, 0) is 24.2 Å². The first-order valence-electron chi connectivity index (χ1n) is 5.98. The van der Waals surface area contributed by atoms with Gasteiger partial charge in [-0.15, -0.1) is 0 Å². The normalized spacial score (nSPS) is 18.7. The van der Waals surface area contributed by atoms with Crippen molar-refractivity contribution in [1.29, 1.82) is 0 Å². The molecule has 0 heterocycles. The molecule has 0 radical (unpaired) electrons. The fourth-order valence-electron chi connectivity index (χ4n) is 1.69. The maximum absolute atomic E-state index is 11.8. The van der Waals surface area contributed by atoms with Gasteiger partial charge < -0.3 is 11.1 Å². The lowest BCUT2D eigenvalue weighted by molar-refractivity contribution is -0.123. The van der Waals surface area contributed by atoms with Gasteiger partial charge in [-0.25, -0.2) is 0 Å². The van der Waals surface area contributed by atoms with Crippen LogP contribution in [-0.4, -0.2) is 18.5 Å². The third kappa shape index (κ3) is 4.20. The summed E-state index contributed by atoms with van der Waals surface area (Å²) in [6.45, 7) is 6.94. The predicted molar refractivity (Wildman–Crippen MR) is 62.4 cm³/mol. The highest BCUT2D eigenvalue weighted by atomic mass is 16.1. The molecular formula is C12H24N2O. The highest BCUT2D eigenvalue weighted by molar-refractivity contribution is 5.77. The monoisotopic (exact) mass is 212 g/mol. The maximum Gasteiger partial charge on any atom is 0.220 e. The van der Waals surface area contributed by atoms with Crippen molar-refractivity contribution in [3.8, 4) is 0 Å². The number of amides is 1. The number of carbonyl (C=O) groups is 1. The number of hydrogen-bond acceptors (Lipinski definition) is 2. The Morgan fingerprint density at radius 2 is 2.13 bits per heavy atom. The van der Waals surface area contributed by atoms with Crippen LogP contribution in [0.25, 0.3) is 0 Å². The zero-order valence-electron chi connectivity index (χ0n) is 10.2. The topological polar surface area (TPSA) is 55.1 Å². The Morgan fingerprint density at radius 3 is 2.53 bits per heavy atom. The number of nitrogens with two attached hydrogens (primary N) is 1. The molecule has 1 aliphatic carbocycles. The van der Waals surface area contributed by atoms with Gasteiger partial charge in [-0.2, -0.15) is 0 Å². The van der Waals surface area contributed by atoms with E-state index in [1.165, 1.54) is 12.8 Å². The number of nitrogens with one attached hydrogen (secondary N) is 1. The summed E-state index contributed by atoms with van der Waals surface area (Å²) in [6, 6.07) is 0.213. The molecule has 0 saturated heterocycles. The summed E-state index contributed by atoms with van der Waals surface area (Å²) in [4.78, 5) is 11.8. The van der Waals surface area contributed by atoms with Crippen molar-refractivity contribution in [1.82, 2.24) is 5.32 Å². The van der Waals surface area contributed by atoms with E-state index < -0.39 is 0 Å². The Balaban J connectivity index is 2.33. The molecule has 1 rings (SSSR count). The SMILES string of the molecule is CCC(C)(C)CC(=O)NC(CN)C1CC1. The van der Waals surface area contributed by atoms with Crippen LogP contribution < -0.4 is 11.1 Å². The Hall–Kier alpha value is -0.570. The fourth-order valence-corrected chi connectivity index (χ4v) is 1.69. The summed E-state index contributed by atoms with van der Waals surface area (Å²) in [5.74, 6) is 0.799. The molecule has 0 spiro atoms. The zero-order valence-corrected chi connectivity index (χ0v) is 10.2. The van der Waals surface area contributed by atoms with E-state index >= 15 is 0 Å². The summed E-state index contributed by atoms with van der Waals surface area (Å²) < 4.78 is 0. The number of carbonyl (C=O) groups excluding carboxylic acids is 1. The molecule has 3 heteroatoms. The summed E-state index contributed by atoms with van der Waals surface area (Å²) >= 11 is 0. The van der Waals surface area contributed by atoms with Crippen LogP contribution in [0.5, 0.6) is 0 Å². The Labute approximate surface area is 92.8 Å². The van der Waals surface area contributed by atoms with Crippen molar-refractivity contribution in [2.75, 3.05) is 6.54 Å². The third-order valence-corrected chi connectivity index (χ3v) is 3.39. The molecule has 15 heavy (non-hydrogen) atoms. The van der Waals surface area contributed by atoms with Crippen LogP contribution in [0, 0.1) is 11.3 Å². The van der Waals surface area contributed by atoms with E-state index in [9.17, 15) is 4.79 Å². The van der Waals surface area contributed by atoms with Gasteiger partial charge in [0, 0.05) is 19.0 Å². The predicted octanol–water partition coefficient (Wildman–Crippen LogP) is 1.67. The maximum atomic E-state index is 11.8. The second kappa shape index (κ2) is 4.97. The van der Waals surface area contributed by atoms with Crippen LogP contribution in [0.15, 0.2) is 0 Å². The fraction of sp³-hybridized carbons (Fsp3) is 0.917. The molecule has 1 fully saturated rings. The van der Waals surface area contributed by atoms with Crippen molar-refractivity contribution in [3.63, 3.8) is 0 Å². The van der Waals surface area contributed by atoms with Crippen molar-refractivity contribution < 1.29 is 4.79 Å². The molecule has 0 aromatic heterocycles. The highest BCUT2D eigenvalue weighted by Gasteiger charge is 2.32. The quantitative estimate of drug-likeness (QED) is 0.703. The second-order valence-electron chi connectivity index (χ2n) is 5.44. The molecule has 1 atom stereocenters. The van der Waals surface area contributed by atoms with Crippen LogP contribution in [0.2, 0.25) is 0 Å². The summed E-state index contributed by atoms with van der Waals surface area (Å²) in [5.41, 5.74) is 5.75. The largest absolute Gasteiger partial charge is 0.352 e. The molecule has 0 bridgehead atoms. The van der Waals surface area contributed by atoms with Gasteiger partial charge in [0.25, 0.3) is 0 Å². The molecule has 1 saturated carbocycles. The van der Waals surface area contributed by atoms with E-state index in [0.717, 1.165) is 6.42 Å². The van der Waals surface area contributed by atoms with Gasteiger partial charge in [0.15, 0.2) is 0 Å². The minimum atomic E-state index is 0.104. The van der Waals surface area contributed by atoms with Crippen LogP contribution in [0.1, 0.15) is 46.5 Å². The van der Waals surface area contributed by atoms with Gasteiger partial charge in [0.2, 0.25) is 5.91 Å². The van der Waals surface area contributed by atoms with E-state index in [1.54, 1.807) is 0 Å². The first-order chi connectivity index (χ1) is 6.98. The van der Waals surface area contributed by atoms with E-state index in [2.05, 4.69) is 26.1 Å². The molecule has 1 unspecified atom stereocenters. The van der Waals surface area contributed by atoms with Gasteiger partial charge in [-0.3, -0.25) is 4.79 Å². The molecule has 88 valence electrons. The lowest BCUT2D eigenvalue weighted by Crippen LogP contribution is -2.43. The van der Waals surface area contributed by atoms with Crippen molar-refractivity contribution in [3.05, 3.63) is 0 Å². The van der Waals surface area contributed by atoms with Gasteiger partial charge in [-0.1, -0.05) is 27.2 Å². The van der Waals surface area contributed by atoms with E-state index in [4.69, 9.17) is 5.73 Å².